The Morgan fingerprint density at radius 2 is 1.53 bits per heavy atom. The summed E-state index contributed by atoms with van der Waals surface area (Å²) in [5.41, 5.74) is -0.168. The van der Waals surface area contributed by atoms with Crippen LogP contribution in [-0.2, 0) is 0 Å². The van der Waals surface area contributed by atoms with Crippen LogP contribution in [0.5, 0.6) is 0 Å². The van der Waals surface area contributed by atoms with Gasteiger partial charge in [-0.3, -0.25) is 4.79 Å². The molecule has 0 N–H and O–H groups in total. The van der Waals surface area contributed by atoms with Gasteiger partial charge in [0.25, 0.3) is 0 Å². The number of carbonyl (C=O) groups excluding carboxylic acids is 1. The highest BCUT2D eigenvalue weighted by Crippen LogP contribution is 2.34. The molecule has 6 heteroatoms. The Hall–Kier alpha value is -1.82. The molecular weight excluding hydrogens is 280 g/mol. The lowest BCUT2D eigenvalue weighted by molar-refractivity contribution is 0.112. The number of aldehydes is 1. The van der Waals surface area contributed by atoms with Gasteiger partial charge >= 0.3 is 0 Å². The van der Waals surface area contributed by atoms with E-state index in [0.717, 1.165) is 30.3 Å². The van der Waals surface area contributed by atoms with Gasteiger partial charge in [0.15, 0.2) is 0 Å². The van der Waals surface area contributed by atoms with Crippen LogP contribution in [0.1, 0.15) is 10.4 Å². The van der Waals surface area contributed by atoms with Gasteiger partial charge in [-0.1, -0.05) is 11.8 Å². The van der Waals surface area contributed by atoms with Crippen LogP contribution >= 0.6 is 11.8 Å². The fraction of sp³-hybridized carbons (Fsp3) is 0. The maximum absolute atomic E-state index is 13.6. The van der Waals surface area contributed by atoms with Crippen LogP contribution in [0, 0.1) is 23.3 Å². The molecule has 19 heavy (non-hydrogen) atoms. The summed E-state index contributed by atoms with van der Waals surface area (Å²) in [4.78, 5) is 9.70. The number of carbonyl (C=O) groups is 1. The topological polar surface area (TPSA) is 17.1 Å². The van der Waals surface area contributed by atoms with Crippen molar-refractivity contribution in [1.29, 1.82) is 0 Å². The zero-order chi connectivity index (χ0) is 14.0. The molecule has 0 aliphatic rings. The highest BCUT2D eigenvalue weighted by Gasteiger charge is 2.15. The van der Waals surface area contributed by atoms with E-state index in [1.54, 1.807) is 0 Å². The maximum Gasteiger partial charge on any atom is 0.150 e. The monoisotopic (exact) mass is 286 g/mol. The van der Waals surface area contributed by atoms with Crippen molar-refractivity contribution in [3.8, 4) is 0 Å². The van der Waals surface area contributed by atoms with Crippen molar-refractivity contribution in [1.82, 2.24) is 0 Å². The maximum atomic E-state index is 13.6. The molecule has 0 bridgehead atoms. The molecule has 0 aromatic heterocycles. The average molecular weight is 286 g/mol. The van der Waals surface area contributed by atoms with Crippen molar-refractivity contribution >= 4 is 18.0 Å². The van der Waals surface area contributed by atoms with E-state index in [-0.39, 0.29) is 10.5 Å². The first-order valence-corrected chi connectivity index (χ1v) is 5.90. The van der Waals surface area contributed by atoms with Crippen molar-refractivity contribution in [3.63, 3.8) is 0 Å². The molecule has 98 valence electrons. The lowest BCUT2D eigenvalue weighted by atomic mass is 10.2. The minimum Gasteiger partial charge on any atom is -0.298 e. The Labute approximate surface area is 110 Å². The second-order valence-electron chi connectivity index (χ2n) is 3.61. The number of benzene rings is 2. The van der Waals surface area contributed by atoms with E-state index in [9.17, 15) is 22.4 Å². The zero-order valence-electron chi connectivity index (χ0n) is 9.29. The van der Waals surface area contributed by atoms with E-state index in [1.807, 2.05) is 0 Å². The van der Waals surface area contributed by atoms with E-state index in [0.29, 0.717) is 18.0 Å². The summed E-state index contributed by atoms with van der Waals surface area (Å²) in [6.07, 6.45) is 0.295. The van der Waals surface area contributed by atoms with E-state index in [4.69, 9.17) is 0 Å². The molecule has 0 unspecified atom stereocenters. The lowest BCUT2D eigenvalue weighted by Crippen LogP contribution is -1.93. The standard InChI is InChI=1S/C13H6F4OS/c14-8-1-2-9(15)12(5-8)19-13-10(16)3-7(6-18)4-11(13)17/h1-6H. The van der Waals surface area contributed by atoms with Crippen molar-refractivity contribution in [3.05, 3.63) is 59.2 Å². The molecule has 0 spiro atoms. The highest BCUT2D eigenvalue weighted by atomic mass is 32.2. The molecule has 0 heterocycles. The highest BCUT2D eigenvalue weighted by molar-refractivity contribution is 7.99. The number of hydrogen-bond acceptors (Lipinski definition) is 2. The van der Waals surface area contributed by atoms with E-state index in [1.165, 1.54) is 0 Å². The molecule has 0 fully saturated rings. The molecule has 0 aliphatic carbocycles. The van der Waals surface area contributed by atoms with Gasteiger partial charge in [0, 0.05) is 5.56 Å². The second kappa shape index (κ2) is 5.44. The smallest absolute Gasteiger partial charge is 0.150 e. The number of hydrogen-bond donors (Lipinski definition) is 0. The third-order valence-corrected chi connectivity index (χ3v) is 3.39. The molecule has 0 saturated carbocycles. The van der Waals surface area contributed by atoms with Gasteiger partial charge in [0.2, 0.25) is 0 Å². The fourth-order valence-corrected chi connectivity index (χ4v) is 2.28. The van der Waals surface area contributed by atoms with Crippen LogP contribution in [0.3, 0.4) is 0 Å². The van der Waals surface area contributed by atoms with Gasteiger partial charge in [0.1, 0.15) is 29.6 Å². The van der Waals surface area contributed by atoms with Crippen molar-refractivity contribution in [2.24, 2.45) is 0 Å². The van der Waals surface area contributed by atoms with Gasteiger partial charge in [-0.15, -0.1) is 0 Å². The van der Waals surface area contributed by atoms with Crippen molar-refractivity contribution in [2.75, 3.05) is 0 Å². The fourth-order valence-electron chi connectivity index (χ4n) is 1.41. The quantitative estimate of drug-likeness (QED) is 0.621. The first-order valence-electron chi connectivity index (χ1n) is 5.08. The first kappa shape index (κ1) is 13.6. The summed E-state index contributed by atoms with van der Waals surface area (Å²) < 4.78 is 53.5. The van der Waals surface area contributed by atoms with Gasteiger partial charge in [-0.05, 0) is 30.3 Å². The van der Waals surface area contributed by atoms with Gasteiger partial charge in [0.05, 0.1) is 9.79 Å². The second-order valence-corrected chi connectivity index (χ2v) is 4.66. The molecule has 0 atom stereocenters. The van der Waals surface area contributed by atoms with Gasteiger partial charge in [-0.2, -0.15) is 0 Å². The third kappa shape index (κ3) is 2.96. The minimum atomic E-state index is -1.00. The SMILES string of the molecule is O=Cc1cc(F)c(Sc2cc(F)ccc2F)c(F)c1. The molecule has 2 aromatic carbocycles. The van der Waals surface area contributed by atoms with Crippen LogP contribution in [0.4, 0.5) is 17.6 Å². The Morgan fingerprint density at radius 1 is 0.895 bits per heavy atom. The van der Waals surface area contributed by atoms with Crippen LogP contribution in [0.2, 0.25) is 0 Å². The average Bonchev–Trinajstić information content (AvgIpc) is 2.37. The first-order chi connectivity index (χ1) is 9.01. The lowest BCUT2D eigenvalue weighted by Gasteiger charge is -2.06. The van der Waals surface area contributed by atoms with Gasteiger partial charge < -0.3 is 0 Å². The van der Waals surface area contributed by atoms with Crippen molar-refractivity contribution in [2.45, 2.75) is 9.79 Å². The summed E-state index contributed by atoms with van der Waals surface area (Å²) in [6.45, 7) is 0. The molecule has 0 saturated heterocycles. The van der Waals surface area contributed by atoms with Crippen LogP contribution in [0.25, 0.3) is 0 Å². The Morgan fingerprint density at radius 3 is 2.11 bits per heavy atom. The third-order valence-electron chi connectivity index (χ3n) is 2.26. The summed E-state index contributed by atoms with van der Waals surface area (Å²) in [6, 6.07) is 4.27. The minimum absolute atomic E-state index is 0.168. The van der Waals surface area contributed by atoms with Crippen LogP contribution < -0.4 is 0 Å². The van der Waals surface area contributed by atoms with Gasteiger partial charge in [-0.25, -0.2) is 17.6 Å². The normalized spacial score (nSPS) is 10.5. The number of halogens is 4. The molecule has 2 rings (SSSR count). The summed E-state index contributed by atoms with van der Waals surface area (Å²) in [5, 5.41) is 0. The Balaban J connectivity index is 2.43. The van der Waals surface area contributed by atoms with E-state index in [2.05, 4.69) is 0 Å². The predicted octanol–water partition coefficient (Wildman–Crippen LogP) is 4.21. The predicted molar refractivity (Wildman–Crippen MR) is 62.2 cm³/mol. The van der Waals surface area contributed by atoms with E-state index < -0.39 is 28.2 Å². The molecule has 0 aliphatic heterocycles. The Bertz CT molecular complexity index is 620. The number of rotatable bonds is 3. The summed E-state index contributed by atoms with van der Waals surface area (Å²) in [5.74, 6) is -3.51. The van der Waals surface area contributed by atoms with Crippen LogP contribution in [0.15, 0.2) is 40.1 Å². The molecule has 0 radical (unpaired) electrons. The molecule has 2 aromatic rings. The molecular formula is C13H6F4OS. The largest absolute Gasteiger partial charge is 0.298 e. The van der Waals surface area contributed by atoms with E-state index >= 15 is 0 Å². The Kier molecular flexibility index (Phi) is 3.90. The summed E-state index contributed by atoms with van der Waals surface area (Å²) >= 11 is 0.420. The molecule has 1 nitrogen and oxygen atoms in total. The molecule has 0 amide bonds. The van der Waals surface area contributed by atoms with Crippen LogP contribution in [-0.4, -0.2) is 6.29 Å². The van der Waals surface area contributed by atoms with Crippen molar-refractivity contribution < 1.29 is 22.4 Å². The summed E-state index contributed by atoms with van der Waals surface area (Å²) in [7, 11) is 0. The zero-order valence-corrected chi connectivity index (χ0v) is 10.1.